The van der Waals surface area contributed by atoms with Crippen molar-refractivity contribution in [2.75, 3.05) is 46.4 Å². The van der Waals surface area contributed by atoms with Gasteiger partial charge in [-0.2, -0.15) is 0 Å². The van der Waals surface area contributed by atoms with E-state index in [1.807, 2.05) is 0 Å². The summed E-state index contributed by atoms with van der Waals surface area (Å²) in [6.45, 7) is 5.26. The number of carbonyl (C=O) groups is 1. The van der Waals surface area contributed by atoms with Gasteiger partial charge in [0.1, 0.15) is 11.6 Å². The highest BCUT2D eigenvalue weighted by atomic mass is 35.5. The molecule has 0 atom stereocenters. The summed E-state index contributed by atoms with van der Waals surface area (Å²) in [6.07, 6.45) is 0. The van der Waals surface area contributed by atoms with Crippen molar-refractivity contribution in [1.29, 1.82) is 0 Å². The quantitative estimate of drug-likeness (QED) is 0.847. The number of amides is 1. The Bertz CT molecular complexity index is 468. The molecule has 7 heteroatoms. The second kappa shape index (κ2) is 8.81. The Hall–Kier alpha value is -1.37. The highest BCUT2D eigenvalue weighted by Gasteiger charge is 2.14. The molecule has 2 rings (SSSR count). The lowest BCUT2D eigenvalue weighted by atomic mass is 10.2. The van der Waals surface area contributed by atoms with Crippen LogP contribution < -0.4 is 15.4 Å². The molecule has 0 aliphatic carbocycles. The Kier molecular flexibility index (Phi) is 7.42. The number of ether oxygens (including phenoxy) is 1. The molecule has 2 N–H and O–H groups in total. The van der Waals surface area contributed by atoms with Gasteiger partial charge in [0, 0.05) is 39.3 Å². The molecular weight excluding hydrogens is 297 g/mol. The van der Waals surface area contributed by atoms with Crippen molar-refractivity contribution in [3.63, 3.8) is 0 Å². The van der Waals surface area contributed by atoms with E-state index in [4.69, 9.17) is 4.74 Å². The number of methoxy groups -OCH3 is 1. The molecule has 0 bridgehead atoms. The zero-order valence-electron chi connectivity index (χ0n) is 12.0. The first kappa shape index (κ1) is 17.7. The molecule has 1 aromatic carbocycles. The van der Waals surface area contributed by atoms with Crippen LogP contribution in [0.25, 0.3) is 0 Å². The van der Waals surface area contributed by atoms with Gasteiger partial charge in [0.05, 0.1) is 12.7 Å². The van der Waals surface area contributed by atoms with Gasteiger partial charge in [0.25, 0.3) is 5.91 Å². The standard InChI is InChI=1S/C14H20FN3O2.ClH/c1-20-13-3-2-11(15)10-12(13)14(19)17-6-9-18-7-4-16-5-8-18;/h2-3,10,16H,4-9H2,1H3,(H,17,19);1H. The van der Waals surface area contributed by atoms with Gasteiger partial charge in [-0.25, -0.2) is 4.39 Å². The molecule has 0 unspecified atom stereocenters. The van der Waals surface area contributed by atoms with Gasteiger partial charge in [-0.3, -0.25) is 9.69 Å². The second-order valence-corrected chi connectivity index (χ2v) is 4.69. The monoisotopic (exact) mass is 317 g/mol. The third kappa shape index (κ3) is 5.15. The Balaban J connectivity index is 0.00000220. The van der Waals surface area contributed by atoms with Crippen LogP contribution in [0.5, 0.6) is 5.75 Å². The number of nitrogens with one attached hydrogen (secondary N) is 2. The Morgan fingerprint density at radius 1 is 1.43 bits per heavy atom. The second-order valence-electron chi connectivity index (χ2n) is 4.69. The van der Waals surface area contributed by atoms with E-state index in [1.165, 1.54) is 25.3 Å². The summed E-state index contributed by atoms with van der Waals surface area (Å²) in [6, 6.07) is 3.93. The fourth-order valence-electron chi connectivity index (χ4n) is 2.22. The first-order chi connectivity index (χ1) is 9.70. The molecule has 0 spiro atoms. The molecule has 118 valence electrons. The van der Waals surface area contributed by atoms with Crippen molar-refractivity contribution in [2.45, 2.75) is 0 Å². The average Bonchev–Trinajstić information content (AvgIpc) is 2.48. The van der Waals surface area contributed by atoms with Crippen LogP contribution >= 0.6 is 12.4 Å². The van der Waals surface area contributed by atoms with Gasteiger partial charge < -0.3 is 15.4 Å². The van der Waals surface area contributed by atoms with Crippen molar-refractivity contribution in [1.82, 2.24) is 15.5 Å². The summed E-state index contributed by atoms with van der Waals surface area (Å²) in [5.74, 6) is -0.374. The lowest BCUT2D eigenvalue weighted by Crippen LogP contribution is -2.46. The Morgan fingerprint density at radius 2 is 2.14 bits per heavy atom. The van der Waals surface area contributed by atoms with Crippen LogP contribution in [0.2, 0.25) is 0 Å². The van der Waals surface area contributed by atoms with Gasteiger partial charge >= 0.3 is 0 Å². The summed E-state index contributed by atoms with van der Waals surface area (Å²) in [4.78, 5) is 14.3. The van der Waals surface area contributed by atoms with E-state index in [2.05, 4.69) is 15.5 Å². The highest BCUT2D eigenvalue weighted by Crippen LogP contribution is 2.18. The molecule has 1 aliphatic rings. The first-order valence-corrected chi connectivity index (χ1v) is 6.75. The van der Waals surface area contributed by atoms with Gasteiger partial charge in [0.15, 0.2) is 0 Å². The van der Waals surface area contributed by atoms with E-state index in [0.717, 1.165) is 32.7 Å². The summed E-state index contributed by atoms with van der Waals surface area (Å²) in [7, 11) is 1.46. The van der Waals surface area contributed by atoms with Crippen molar-refractivity contribution in [3.05, 3.63) is 29.6 Å². The maximum Gasteiger partial charge on any atom is 0.255 e. The number of piperazine rings is 1. The third-order valence-corrected chi connectivity index (χ3v) is 3.33. The number of benzene rings is 1. The minimum Gasteiger partial charge on any atom is -0.496 e. The number of hydrogen-bond donors (Lipinski definition) is 2. The molecule has 1 aromatic rings. The number of nitrogens with zero attached hydrogens (tertiary/aromatic N) is 1. The van der Waals surface area contributed by atoms with Gasteiger partial charge in [-0.1, -0.05) is 0 Å². The number of rotatable bonds is 5. The highest BCUT2D eigenvalue weighted by molar-refractivity contribution is 5.96. The topological polar surface area (TPSA) is 53.6 Å². The summed E-state index contributed by atoms with van der Waals surface area (Å²) in [5, 5.41) is 6.07. The number of hydrogen-bond acceptors (Lipinski definition) is 4. The molecule has 5 nitrogen and oxygen atoms in total. The zero-order valence-corrected chi connectivity index (χ0v) is 12.8. The molecule has 1 amide bonds. The van der Waals surface area contributed by atoms with Crippen LogP contribution in [-0.2, 0) is 0 Å². The first-order valence-electron chi connectivity index (χ1n) is 6.75. The summed E-state index contributed by atoms with van der Waals surface area (Å²) < 4.78 is 18.3. The summed E-state index contributed by atoms with van der Waals surface area (Å²) in [5.41, 5.74) is 0.229. The average molecular weight is 318 g/mol. The molecular formula is C14H21ClFN3O2. The molecule has 1 saturated heterocycles. The van der Waals surface area contributed by atoms with Gasteiger partial charge in [-0.05, 0) is 18.2 Å². The largest absolute Gasteiger partial charge is 0.496 e. The van der Waals surface area contributed by atoms with Crippen molar-refractivity contribution < 1.29 is 13.9 Å². The van der Waals surface area contributed by atoms with Crippen LogP contribution in [0.3, 0.4) is 0 Å². The van der Waals surface area contributed by atoms with Gasteiger partial charge in [-0.15, -0.1) is 12.4 Å². The fourth-order valence-corrected chi connectivity index (χ4v) is 2.22. The maximum atomic E-state index is 13.2. The smallest absolute Gasteiger partial charge is 0.255 e. The molecule has 1 heterocycles. The maximum absolute atomic E-state index is 13.2. The van der Waals surface area contributed by atoms with Crippen molar-refractivity contribution >= 4 is 18.3 Å². The lowest BCUT2D eigenvalue weighted by Gasteiger charge is -2.27. The fraction of sp³-hybridized carbons (Fsp3) is 0.500. The van der Waals surface area contributed by atoms with Crippen LogP contribution in [0.1, 0.15) is 10.4 Å². The SMILES string of the molecule is COc1ccc(F)cc1C(=O)NCCN1CCNCC1.Cl. The zero-order chi connectivity index (χ0) is 14.4. The van der Waals surface area contributed by atoms with E-state index in [9.17, 15) is 9.18 Å². The normalized spacial score (nSPS) is 15.1. The van der Waals surface area contributed by atoms with Crippen LogP contribution in [-0.4, -0.2) is 57.2 Å². The van der Waals surface area contributed by atoms with E-state index < -0.39 is 5.82 Å². The molecule has 0 aromatic heterocycles. The van der Waals surface area contributed by atoms with E-state index in [1.54, 1.807) is 0 Å². The van der Waals surface area contributed by atoms with Crippen molar-refractivity contribution in [2.24, 2.45) is 0 Å². The van der Waals surface area contributed by atoms with E-state index >= 15 is 0 Å². The predicted molar refractivity (Wildman–Crippen MR) is 81.8 cm³/mol. The molecule has 1 aliphatic heterocycles. The number of halogens is 2. The molecule has 1 fully saturated rings. The minimum atomic E-state index is -0.446. The summed E-state index contributed by atoms with van der Waals surface area (Å²) >= 11 is 0. The van der Waals surface area contributed by atoms with Gasteiger partial charge in [0.2, 0.25) is 0 Å². The Labute approximate surface area is 130 Å². The number of carbonyl (C=O) groups excluding carboxylic acids is 1. The lowest BCUT2D eigenvalue weighted by molar-refractivity contribution is 0.0943. The van der Waals surface area contributed by atoms with Crippen LogP contribution in [0.15, 0.2) is 18.2 Å². The molecule has 0 radical (unpaired) electrons. The van der Waals surface area contributed by atoms with E-state index in [0.29, 0.717) is 12.3 Å². The third-order valence-electron chi connectivity index (χ3n) is 3.33. The predicted octanol–water partition coefficient (Wildman–Crippen LogP) is 0.891. The van der Waals surface area contributed by atoms with Crippen molar-refractivity contribution in [3.8, 4) is 5.75 Å². The minimum absolute atomic E-state index is 0. The van der Waals surface area contributed by atoms with Crippen LogP contribution in [0.4, 0.5) is 4.39 Å². The van der Waals surface area contributed by atoms with Crippen LogP contribution in [0, 0.1) is 5.82 Å². The Morgan fingerprint density at radius 3 is 2.81 bits per heavy atom. The van der Waals surface area contributed by atoms with E-state index in [-0.39, 0.29) is 23.9 Å². The molecule has 0 saturated carbocycles. The molecule has 21 heavy (non-hydrogen) atoms.